The fourth-order valence-electron chi connectivity index (χ4n) is 1.73. The summed E-state index contributed by atoms with van der Waals surface area (Å²) in [5, 5.41) is -1.32. The molecular formula is C12H21N3O3S. The van der Waals surface area contributed by atoms with Crippen LogP contribution in [0.25, 0.3) is 0 Å². The lowest BCUT2D eigenvalue weighted by Crippen LogP contribution is -2.34. The summed E-state index contributed by atoms with van der Waals surface area (Å²) in [4.78, 5) is 15.2. The summed E-state index contributed by atoms with van der Waals surface area (Å²) in [6, 6.07) is 0. The zero-order valence-electron chi connectivity index (χ0n) is 11.8. The monoisotopic (exact) mass is 287 g/mol. The lowest BCUT2D eigenvalue weighted by molar-refractivity contribution is -0.117. The zero-order chi connectivity index (χ0) is 14.8. The van der Waals surface area contributed by atoms with E-state index in [4.69, 9.17) is 5.73 Å². The number of rotatable bonds is 6. The van der Waals surface area contributed by atoms with E-state index in [1.54, 1.807) is 11.5 Å². The number of primary amides is 1. The number of unbranched alkanes of at least 4 members (excludes halogenated alkanes) is 1. The van der Waals surface area contributed by atoms with Crippen molar-refractivity contribution < 1.29 is 13.2 Å². The highest BCUT2D eigenvalue weighted by Crippen LogP contribution is 2.20. The third kappa shape index (κ3) is 2.97. The van der Waals surface area contributed by atoms with E-state index in [-0.39, 0.29) is 5.16 Å². The van der Waals surface area contributed by atoms with Crippen molar-refractivity contribution in [1.82, 2.24) is 9.55 Å². The highest BCUT2D eigenvalue weighted by molar-refractivity contribution is 7.92. The van der Waals surface area contributed by atoms with Gasteiger partial charge in [0.1, 0.15) is 5.25 Å². The molecule has 2 N–H and O–H groups in total. The van der Waals surface area contributed by atoms with E-state index < -0.39 is 21.0 Å². The van der Waals surface area contributed by atoms with Crippen molar-refractivity contribution in [2.24, 2.45) is 5.73 Å². The fraction of sp³-hybridized carbons (Fsp3) is 0.667. The van der Waals surface area contributed by atoms with Gasteiger partial charge in [-0.2, -0.15) is 0 Å². The lowest BCUT2D eigenvalue weighted by Gasteiger charge is -2.12. The minimum absolute atomic E-state index is 0.0535. The van der Waals surface area contributed by atoms with Gasteiger partial charge >= 0.3 is 0 Å². The van der Waals surface area contributed by atoms with E-state index in [0.717, 1.165) is 18.5 Å². The molecule has 19 heavy (non-hydrogen) atoms. The van der Waals surface area contributed by atoms with Gasteiger partial charge in [0.25, 0.3) is 0 Å². The largest absolute Gasteiger partial charge is 0.369 e. The number of imidazole rings is 1. The summed E-state index contributed by atoms with van der Waals surface area (Å²) in [7, 11) is -3.82. The van der Waals surface area contributed by atoms with Crippen LogP contribution in [0.5, 0.6) is 0 Å². The molecule has 7 heteroatoms. The van der Waals surface area contributed by atoms with Crippen molar-refractivity contribution in [3.8, 4) is 0 Å². The third-order valence-corrected chi connectivity index (χ3v) is 5.26. The normalized spacial score (nSPS) is 13.5. The molecule has 0 saturated carbocycles. The van der Waals surface area contributed by atoms with Crippen LogP contribution in [0.3, 0.4) is 0 Å². The van der Waals surface area contributed by atoms with Crippen molar-refractivity contribution in [2.45, 2.75) is 57.5 Å². The summed E-state index contributed by atoms with van der Waals surface area (Å²) in [5.74, 6) is -0.861. The molecule has 1 aromatic heterocycles. The fourth-order valence-corrected chi connectivity index (χ4v) is 3.15. The van der Waals surface area contributed by atoms with Gasteiger partial charge in [-0.25, -0.2) is 13.4 Å². The van der Waals surface area contributed by atoms with Gasteiger partial charge in [0.15, 0.2) is 0 Å². The van der Waals surface area contributed by atoms with Gasteiger partial charge in [0.05, 0.1) is 5.69 Å². The Morgan fingerprint density at radius 3 is 2.47 bits per heavy atom. The molecule has 1 aromatic rings. The number of hydrogen-bond acceptors (Lipinski definition) is 4. The smallest absolute Gasteiger partial charge is 0.235 e. The van der Waals surface area contributed by atoms with E-state index in [0.29, 0.717) is 12.2 Å². The Kier molecular flexibility index (Phi) is 4.73. The topological polar surface area (TPSA) is 95.0 Å². The van der Waals surface area contributed by atoms with Crippen LogP contribution in [0, 0.1) is 13.8 Å². The molecule has 0 spiro atoms. The first-order valence-corrected chi connectivity index (χ1v) is 7.85. The Morgan fingerprint density at radius 2 is 2.00 bits per heavy atom. The number of nitrogens with zero attached hydrogens (tertiary/aromatic N) is 2. The van der Waals surface area contributed by atoms with E-state index in [9.17, 15) is 13.2 Å². The van der Waals surface area contributed by atoms with Crippen LogP contribution in [0.1, 0.15) is 38.1 Å². The van der Waals surface area contributed by atoms with Crippen LogP contribution in [-0.4, -0.2) is 29.1 Å². The second kappa shape index (κ2) is 5.73. The molecule has 108 valence electrons. The van der Waals surface area contributed by atoms with Crippen molar-refractivity contribution in [3.63, 3.8) is 0 Å². The average molecular weight is 287 g/mol. The molecule has 0 unspecified atom stereocenters. The minimum Gasteiger partial charge on any atom is -0.369 e. The van der Waals surface area contributed by atoms with Crippen LogP contribution in [0.2, 0.25) is 0 Å². The maximum atomic E-state index is 12.3. The molecule has 0 aromatic carbocycles. The Balaban J connectivity index is 3.34. The molecular weight excluding hydrogens is 266 g/mol. The summed E-state index contributed by atoms with van der Waals surface area (Å²) in [6.07, 6.45) is 1.80. The standard InChI is InChI=1S/C12H21N3O3S/c1-5-6-7-15-9(3)8(2)14-12(15)19(17,18)10(4)11(13)16/h10H,5-7H2,1-4H3,(H2,13,16)/t10-/m0/s1. The number of carbonyl (C=O) groups excluding carboxylic acids is 1. The van der Waals surface area contributed by atoms with Crippen molar-refractivity contribution in [1.29, 1.82) is 0 Å². The number of nitrogens with two attached hydrogens (primary N) is 1. The number of carbonyl (C=O) groups is 1. The van der Waals surface area contributed by atoms with Crippen LogP contribution in [-0.2, 0) is 21.2 Å². The third-order valence-electron chi connectivity index (χ3n) is 3.28. The van der Waals surface area contributed by atoms with E-state index in [1.807, 2.05) is 13.8 Å². The summed E-state index contributed by atoms with van der Waals surface area (Å²) >= 11 is 0. The van der Waals surface area contributed by atoms with Crippen molar-refractivity contribution in [2.75, 3.05) is 0 Å². The summed E-state index contributed by atoms with van der Waals surface area (Å²) in [5.41, 5.74) is 6.57. The van der Waals surface area contributed by atoms with Gasteiger partial charge in [-0.3, -0.25) is 4.79 Å². The number of sulfone groups is 1. The maximum Gasteiger partial charge on any atom is 0.235 e. The number of hydrogen-bond donors (Lipinski definition) is 1. The summed E-state index contributed by atoms with van der Waals surface area (Å²) < 4.78 is 26.3. The van der Waals surface area contributed by atoms with Gasteiger partial charge in [0.2, 0.25) is 20.9 Å². The molecule has 6 nitrogen and oxygen atoms in total. The molecule has 0 aliphatic carbocycles. The van der Waals surface area contributed by atoms with Gasteiger partial charge in [0, 0.05) is 12.2 Å². The highest BCUT2D eigenvalue weighted by Gasteiger charge is 2.33. The zero-order valence-corrected chi connectivity index (χ0v) is 12.6. The molecule has 0 radical (unpaired) electrons. The molecule has 1 atom stereocenters. The molecule has 1 heterocycles. The van der Waals surface area contributed by atoms with E-state index in [1.165, 1.54) is 6.92 Å². The van der Waals surface area contributed by atoms with E-state index >= 15 is 0 Å². The maximum absolute atomic E-state index is 12.3. The minimum atomic E-state index is -3.82. The van der Waals surface area contributed by atoms with E-state index in [2.05, 4.69) is 4.98 Å². The Morgan fingerprint density at radius 1 is 1.42 bits per heavy atom. The molecule has 0 aliphatic heterocycles. The second-order valence-corrected chi connectivity index (χ2v) is 6.82. The highest BCUT2D eigenvalue weighted by atomic mass is 32.2. The van der Waals surface area contributed by atoms with Gasteiger partial charge in [-0.1, -0.05) is 13.3 Å². The average Bonchev–Trinajstić information content (AvgIpc) is 2.63. The Bertz CT molecular complexity index is 575. The number of aryl methyl sites for hydroxylation is 1. The first kappa shape index (κ1) is 15.7. The number of amides is 1. The van der Waals surface area contributed by atoms with Crippen LogP contribution in [0.4, 0.5) is 0 Å². The SMILES string of the molecule is CCCCn1c(S(=O)(=O)[C@@H](C)C(N)=O)nc(C)c1C. The molecule has 1 amide bonds. The van der Waals surface area contributed by atoms with Gasteiger partial charge in [-0.05, 0) is 27.2 Å². The second-order valence-electron chi connectivity index (χ2n) is 4.66. The predicted molar refractivity (Wildman–Crippen MR) is 72.5 cm³/mol. The lowest BCUT2D eigenvalue weighted by atomic mass is 10.3. The quantitative estimate of drug-likeness (QED) is 0.842. The van der Waals surface area contributed by atoms with Crippen molar-refractivity contribution >= 4 is 15.7 Å². The van der Waals surface area contributed by atoms with Crippen LogP contribution in [0.15, 0.2) is 5.16 Å². The Labute approximate surface area is 113 Å². The first-order chi connectivity index (χ1) is 8.73. The predicted octanol–water partition coefficient (Wildman–Crippen LogP) is 0.948. The molecule has 0 aliphatic rings. The van der Waals surface area contributed by atoms with Crippen LogP contribution < -0.4 is 5.73 Å². The molecule has 0 bridgehead atoms. The molecule has 0 saturated heterocycles. The number of aromatic nitrogens is 2. The first-order valence-electron chi connectivity index (χ1n) is 6.30. The van der Waals surface area contributed by atoms with Gasteiger partial charge < -0.3 is 10.3 Å². The molecule has 0 fully saturated rings. The van der Waals surface area contributed by atoms with Gasteiger partial charge in [-0.15, -0.1) is 0 Å². The van der Waals surface area contributed by atoms with Crippen molar-refractivity contribution in [3.05, 3.63) is 11.4 Å². The Hall–Kier alpha value is -1.37. The van der Waals surface area contributed by atoms with Crippen LogP contribution >= 0.6 is 0 Å². The summed E-state index contributed by atoms with van der Waals surface area (Å²) in [6.45, 7) is 7.47. The molecule has 1 rings (SSSR count).